The fourth-order valence-corrected chi connectivity index (χ4v) is 4.04. The van der Waals surface area contributed by atoms with Crippen molar-refractivity contribution in [3.8, 4) is 0 Å². The lowest BCUT2D eigenvalue weighted by Gasteiger charge is -2.39. The summed E-state index contributed by atoms with van der Waals surface area (Å²) in [6.45, 7) is 1.88. The Balaban J connectivity index is 1.49. The molecule has 1 saturated heterocycles. The van der Waals surface area contributed by atoms with Gasteiger partial charge in [-0.05, 0) is 30.4 Å². The lowest BCUT2D eigenvalue weighted by molar-refractivity contribution is 0.00213. The second kappa shape index (κ2) is 6.80. The number of carbonyl (C=O) groups excluding carboxylic acids is 1. The molecule has 1 aromatic heterocycles. The van der Waals surface area contributed by atoms with E-state index in [9.17, 15) is 4.79 Å². The van der Waals surface area contributed by atoms with Crippen molar-refractivity contribution in [3.63, 3.8) is 0 Å². The SMILES string of the molecule is O=C(NCc1cnccn1)NC1c2ccccc2CC12CCOCC2. The molecule has 2 N–H and O–H groups in total. The van der Waals surface area contributed by atoms with Crippen LogP contribution in [-0.2, 0) is 17.7 Å². The summed E-state index contributed by atoms with van der Waals surface area (Å²) in [5.41, 5.74) is 3.37. The number of urea groups is 1. The van der Waals surface area contributed by atoms with Crippen LogP contribution in [0.15, 0.2) is 42.9 Å². The van der Waals surface area contributed by atoms with Crippen molar-refractivity contribution >= 4 is 6.03 Å². The zero-order valence-corrected chi connectivity index (χ0v) is 14.1. The first-order chi connectivity index (χ1) is 12.3. The molecule has 25 heavy (non-hydrogen) atoms. The third-order valence-electron chi connectivity index (χ3n) is 5.33. The highest BCUT2D eigenvalue weighted by molar-refractivity contribution is 5.74. The van der Waals surface area contributed by atoms with Gasteiger partial charge in [0.1, 0.15) is 0 Å². The van der Waals surface area contributed by atoms with Gasteiger partial charge in [-0.25, -0.2) is 4.79 Å². The van der Waals surface area contributed by atoms with Gasteiger partial charge < -0.3 is 15.4 Å². The molecule has 1 fully saturated rings. The van der Waals surface area contributed by atoms with E-state index in [1.165, 1.54) is 11.1 Å². The molecule has 0 saturated carbocycles. The maximum absolute atomic E-state index is 12.5. The number of carbonyl (C=O) groups is 1. The number of ether oxygens (including phenoxy) is 1. The van der Waals surface area contributed by atoms with Gasteiger partial charge in [-0.1, -0.05) is 24.3 Å². The average molecular weight is 338 g/mol. The molecular formula is C19H22N4O2. The Morgan fingerprint density at radius 2 is 2.08 bits per heavy atom. The number of rotatable bonds is 3. The molecule has 2 aliphatic rings. The normalized spacial score (nSPS) is 20.9. The molecule has 130 valence electrons. The Kier molecular flexibility index (Phi) is 4.36. The van der Waals surface area contributed by atoms with Crippen LogP contribution in [0, 0.1) is 5.41 Å². The number of amides is 2. The Hall–Kier alpha value is -2.47. The van der Waals surface area contributed by atoms with Crippen LogP contribution in [0.5, 0.6) is 0 Å². The molecule has 1 spiro atoms. The van der Waals surface area contributed by atoms with Gasteiger partial charge in [0, 0.05) is 31.0 Å². The number of hydrogen-bond donors (Lipinski definition) is 2. The molecule has 1 aliphatic carbocycles. The fraction of sp³-hybridized carbons (Fsp3) is 0.421. The molecule has 4 rings (SSSR count). The van der Waals surface area contributed by atoms with Crippen LogP contribution in [0.25, 0.3) is 0 Å². The van der Waals surface area contributed by atoms with Crippen LogP contribution in [-0.4, -0.2) is 29.2 Å². The predicted octanol–water partition coefficient (Wildman–Crippen LogP) is 2.37. The summed E-state index contributed by atoms with van der Waals surface area (Å²) in [5.74, 6) is 0. The first-order valence-electron chi connectivity index (χ1n) is 8.72. The van der Waals surface area contributed by atoms with Gasteiger partial charge in [0.2, 0.25) is 0 Å². The average Bonchev–Trinajstić information content (AvgIpc) is 2.94. The molecule has 6 heteroatoms. The summed E-state index contributed by atoms with van der Waals surface area (Å²) >= 11 is 0. The lowest BCUT2D eigenvalue weighted by Crippen LogP contribution is -2.45. The van der Waals surface area contributed by atoms with Gasteiger partial charge in [0.05, 0.1) is 24.5 Å². The third-order valence-corrected chi connectivity index (χ3v) is 5.33. The quantitative estimate of drug-likeness (QED) is 0.901. The Bertz CT molecular complexity index is 744. The summed E-state index contributed by atoms with van der Waals surface area (Å²) in [5, 5.41) is 6.11. The van der Waals surface area contributed by atoms with E-state index in [-0.39, 0.29) is 17.5 Å². The van der Waals surface area contributed by atoms with Gasteiger partial charge in [-0.15, -0.1) is 0 Å². The largest absolute Gasteiger partial charge is 0.381 e. The van der Waals surface area contributed by atoms with Gasteiger partial charge in [0.25, 0.3) is 0 Å². The van der Waals surface area contributed by atoms with Gasteiger partial charge >= 0.3 is 6.03 Å². The molecule has 1 unspecified atom stereocenters. The minimum Gasteiger partial charge on any atom is -0.381 e. The molecule has 6 nitrogen and oxygen atoms in total. The van der Waals surface area contributed by atoms with Crippen LogP contribution in [0.1, 0.15) is 35.7 Å². The van der Waals surface area contributed by atoms with Crippen LogP contribution >= 0.6 is 0 Å². The van der Waals surface area contributed by atoms with Crippen molar-refractivity contribution in [1.82, 2.24) is 20.6 Å². The van der Waals surface area contributed by atoms with E-state index < -0.39 is 0 Å². The van der Waals surface area contributed by atoms with E-state index >= 15 is 0 Å². The highest BCUT2D eigenvalue weighted by atomic mass is 16.5. The minimum atomic E-state index is -0.168. The molecule has 2 amide bonds. The highest BCUT2D eigenvalue weighted by Gasteiger charge is 2.47. The predicted molar refractivity (Wildman–Crippen MR) is 92.8 cm³/mol. The van der Waals surface area contributed by atoms with Gasteiger partial charge in [0.15, 0.2) is 0 Å². The van der Waals surface area contributed by atoms with E-state index in [1.54, 1.807) is 18.6 Å². The van der Waals surface area contributed by atoms with Crippen molar-refractivity contribution in [2.45, 2.75) is 31.8 Å². The van der Waals surface area contributed by atoms with E-state index in [4.69, 9.17) is 4.74 Å². The molecule has 2 aromatic rings. The zero-order valence-electron chi connectivity index (χ0n) is 14.1. The van der Waals surface area contributed by atoms with Crippen molar-refractivity contribution in [1.29, 1.82) is 0 Å². The van der Waals surface area contributed by atoms with E-state index in [0.717, 1.165) is 38.2 Å². The number of aromatic nitrogens is 2. The maximum atomic E-state index is 12.5. The molecular weight excluding hydrogens is 316 g/mol. The van der Waals surface area contributed by atoms with E-state index in [2.05, 4.69) is 38.8 Å². The summed E-state index contributed by atoms with van der Waals surface area (Å²) in [4.78, 5) is 20.7. The summed E-state index contributed by atoms with van der Waals surface area (Å²) < 4.78 is 5.57. The molecule has 0 radical (unpaired) electrons. The second-order valence-corrected chi connectivity index (χ2v) is 6.81. The summed E-state index contributed by atoms with van der Waals surface area (Å²) in [6, 6.07) is 8.28. The molecule has 0 bridgehead atoms. The number of fused-ring (bicyclic) bond motifs is 1. The maximum Gasteiger partial charge on any atom is 0.315 e. The first-order valence-corrected chi connectivity index (χ1v) is 8.72. The van der Waals surface area contributed by atoms with Gasteiger partial charge in [-0.3, -0.25) is 9.97 Å². The smallest absolute Gasteiger partial charge is 0.315 e. The molecule has 1 aromatic carbocycles. The lowest BCUT2D eigenvalue weighted by atomic mass is 9.74. The van der Waals surface area contributed by atoms with E-state index in [0.29, 0.717) is 6.54 Å². The standard InChI is InChI=1S/C19H22N4O2/c24-18(22-13-15-12-20-7-8-21-15)23-17-16-4-2-1-3-14(16)11-19(17)5-9-25-10-6-19/h1-4,7-8,12,17H,5-6,9-11,13H2,(H2,22,23,24). The van der Waals surface area contributed by atoms with E-state index in [1.807, 2.05) is 6.07 Å². The fourth-order valence-electron chi connectivity index (χ4n) is 4.04. The third kappa shape index (κ3) is 3.22. The van der Waals surface area contributed by atoms with Crippen molar-refractivity contribution in [2.75, 3.05) is 13.2 Å². The van der Waals surface area contributed by atoms with Gasteiger partial charge in [-0.2, -0.15) is 0 Å². The first kappa shape index (κ1) is 16.0. The monoisotopic (exact) mass is 338 g/mol. The Labute approximate surface area is 147 Å². The number of hydrogen-bond acceptors (Lipinski definition) is 4. The molecule has 1 aliphatic heterocycles. The number of nitrogens with zero attached hydrogens (tertiary/aromatic N) is 2. The number of nitrogens with one attached hydrogen (secondary N) is 2. The Morgan fingerprint density at radius 1 is 1.24 bits per heavy atom. The molecule has 1 atom stereocenters. The number of benzene rings is 1. The van der Waals surface area contributed by atoms with Crippen LogP contribution in [0.3, 0.4) is 0 Å². The van der Waals surface area contributed by atoms with Crippen LogP contribution in [0.4, 0.5) is 4.79 Å². The highest BCUT2D eigenvalue weighted by Crippen LogP contribution is 2.51. The van der Waals surface area contributed by atoms with Crippen LogP contribution < -0.4 is 10.6 Å². The van der Waals surface area contributed by atoms with Crippen molar-refractivity contribution in [2.24, 2.45) is 5.41 Å². The van der Waals surface area contributed by atoms with Crippen molar-refractivity contribution in [3.05, 3.63) is 59.7 Å². The van der Waals surface area contributed by atoms with Crippen LogP contribution in [0.2, 0.25) is 0 Å². The second-order valence-electron chi connectivity index (χ2n) is 6.81. The van der Waals surface area contributed by atoms with Crippen molar-refractivity contribution < 1.29 is 9.53 Å². The summed E-state index contributed by atoms with van der Waals surface area (Å²) in [7, 11) is 0. The summed E-state index contributed by atoms with van der Waals surface area (Å²) in [6.07, 6.45) is 7.84. The Morgan fingerprint density at radius 3 is 2.88 bits per heavy atom. The zero-order chi connectivity index (χ0) is 17.1. The molecule has 2 heterocycles. The topological polar surface area (TPSA) is 76.1 Å². The minimum absolute atomic E-state index is 0.0226.